The Kier molecular flexibility index (Phi) is 4.84. The van der Waals surface area contributed by atoms with Crippen LogP contribution in [0.4, 0.5) is 8.78 Å². The van der Waals surface area contributed by atoms with Crippen LogP contribution in [0.2, 0.25) is 0 Å². The lowest BCUT2D eigenvalue weighted by Gasteiger charge is -2.06. The first-order valence-corrected chi connectivity index (χ1v) is 7.75. The molecular formula is C9H8F2O6S2. The van der Waals surface area contributed by atoms with E-state index in [1.807, 2.05) is 0 Å². The molecule has 10 heteroatoms. The third-order valence-corrected chi connectivity index (χ3v) is 4.68. The van der Waals surface area contributed by atoms with Gasteiger partial charge in [-0.25, -0.2) is 0 Å². The van der Waals surface area contributed by atoms with Crippen LogP contribution in [0.15, 0.2) is 42.7 Å². The van der Waals surface area contributed by atoms with Crippen molar-refractivity contribution in [1.82, 2.24) is 0 Å². The van der Waals surface area contributed by atoms with Crippen molar-refractivity contribution in [3.8, 4) is 5.75 Å². The van der Waals surface area contributed by atoms with E-state index in [9.17, 15) is 25.6 Å². The van der Waals surface area contributed by atoms with E-state index in [0.29, 0.717) is 0 Å². The van der Waals surface area contributed by atoms with Gasteiger partial charge in [-0.2, -0.15) is 25.6 Å². The fourth-order valence-electron chi connectivity index (χ4n) is 0.961. The van der Waals surface area contributed by atoms with Gasteiger partial charge in [-0.3, -0.25) is 0 Å². The van der Waals surface area contributed by atoms with E-state index in [2.05, 4.69) is 8.37 Å². The van der Waals surface area contributed by atoms with Crippen molar-refractivity contribution in [2.45, 2.75) is 0 Å². The standard InChI is InChI=1S/C9H8F2O6S2/c10-9(11)6-16-18(12,13)7-19(14,15)17-8-4-2-1-3-5-8/h1-6H,7H2. The van der Waals surface area contributed by atoms with Crippen molar-refractivity contribution in [1.29, 1.82) is 0 Å². The first-order chi connectivity index (χ1) is 8.70. The van der Waals surface area contributed by atoms with E-state index in [-0.39, 0.29) is 12.0 Å². The van der Waals surface area contributed by atoms with Crippen molar-refractivity contribution in [3.05, 3.63) is 42.7 Å². The zero-order valence-corrected chi connectivity index (χ0v) is 10.8. The van der Waals surface area contributed by atoms with E-state index in [0.717, 1.165) is 0 Å². The molecule has 19 heavy (non-hydrogen) atoms. The molecule has 0 amide bonds. The minimum Gasteiger partial charge on any atom is -0.384 e. The monoisotopic (exact) mass is 314 g/mol. The van der Waals surface area contributed by atoms with Gasteiger partial charge >= 0.3 is 26.3 Å². The molecule has 0 N–H and O–H groups in total. The zero-order chi connectivity index (χ0) is 14.5. The van der Waals surface area contributed by atoms with Gasteiger partial charge in [0.25, 0.3) is 0 Å². The summed E-state index contributed by atoms with van der Waals surface area (Å²) in [5.41, 5.74) is 0. The first kappa shape index (κ1) is 15.4. The molecule has 1 aromatic carbocycles. The van der Waals surface area contributed by atoms with Gasteiger partial charge in [-0.1, -0.05) is 18.2 Å². The summed E-state index contributed by atoms with van der Waals surface area (Å²) in [4.78, 5) is 0. The summed E-state index contributed by atoms with van der Waals surface area (Å²) < 4.78 is 76.3. The number of hydrogen-bond donors (Lipinski definition) is 0. The maximum atomic E-state index is 11.6. The topological polar surface area (TPSA) is 86.7 Å². The van der Waals surface area contributed by atoms with Crippen molar-refractivity contribution >= 4 is 20.2 Å². The molecular weight excluding hydrogens is 306 g/mol. The van der Waals surface area contributed by atoms with Crippen molar-refractivity contribution in [2.75, 3.05) is 5.08 Å². The van der Waals surface area contributed by atoms with Crippen LogP contribution in [0.3, 0.4) is 0 Å². The molecule has 0 saturated carbocycles. The number of hydrogen-bond acceptors (Lipinski definition) is 6. The summed E-state index contributed by atoms with van der Waals surface area (Å²) in [6.45, 7) is 0. The van der Waals surface area contributed by atoms with Crippen LogP contribution >= 0.6 is 0 Å². The molecule has 6 nitrogen and oxygen atoms in total. The van der Waals surface area contributed by atoms with Gasteiger partial charge in [0.05, 0.1) is 0 Å². The molecule has 0 bridgehead atoms. The predicted octanol–water partition coefficient (Wildman–Crippen LogP) is 1.44. The molecule has 0 saturated heterocycles. The fourth-order valence-corrected chi connectivity index (χ4v) is 3.41. The molecule has 0 spiro atoms. The summed E-state index contributed by atoms with van der Waals surface area (Å²) in [5, 5.41) is -1.58. The third-order valence-electron chi connectivity index (χ3n) is 1.54. The van der Waals surface area contributed by atoms with E-state index in [4.69, 9.17) is 0 Å². The smallest absolute Gasteiger partial charge is 0.327 e. The molecule has 0 heterocycles. The predicted molar refractivity (Wildman–Crippen MR) is 61.2 cm³/mol. The van der Waals surface area contributed by atoms with Crippen molar-refractivity contribution in [3.63, 3.8) is 0 Å². The molecule has 0 atom stereocenters. The highest BCUT2D eigenvalue weighted by Crippen LogP contribution is 2.13. The molecule has 1 aromatic rings. The van der Waals surface area contributed by atoms with E-state index in [1.165, 1.54) is 24.3 Å². The van der Waals surface area contributed by atoms with Gasteiger partial charge in [-0.05, 0) is 12.1 Å². The van der Waals surface area contributed by atoms with Gasteiger partial charge in [-0.15, -0.1) is 0 Å². The average Bonchev–Trinajstić information content (AvgIpc) is 2.25. The van der Waals surface area contributed by atoms with Crippen molar-refractivity contribution in [2.24, 2.45) is 0 Å². The van der Waals surface area contributed by atoms with Gasteiger partial charge in [0.2, 0.25) is 5.08 Å². The average molecular weight is 314 g/mol. The Labute approximate surface area is 108 Å². The van der Waals surface area contributed by atoms with Gasteiger partial charge in [0.1, 0.15) is 5.75 Å². The van der Waals surface area contributed by atoms with Crippen LogP contribution in [0.25, 0.3) is 0 Å². The number of para-hydroxylation sites is 1. The largest absolute Gasteiger partial charge is 0.384 e. The zero-order valence-electron chi connectivity index (χ0n) is 9.19. The number of halogens is 2. The Morgan fingerprint density at radius 3 is 2.16 bits per heavy atom. The minimum absolute atomic E-state index is 0.107. The SMILES string of the molecule is O=S(=O)(CS(=O)(=O)Oc1ccccc1)OC=C(F)F. The van der Waals surface area contributed by atoms with E-state index in [1.54, 1.807) is 6.07 Å². The Balaban J connectivity index is 2.78. The molecule has 0 aliphatic heterocycles. The third kappa shape index (κ3) is 6.15. The molecule has 0 aliphatic rings. The molecule has 0 aliphatic carbocycles. The summed E-state index contributed by atoms with van der Waals surface area (Å²) in [6.07, 6.45) is -2.78. The van der Waals surface area contributed by atoms with Crippen LogP contribution in [0.1, 0.15) is 0 Å². The maximum absolute atomic E-state index is 11.6. The maximum Gasteiger partial charge on any atom is 0.327 e. The molecule has 1 rings (SSSR count). The highest BCUT2D eigenvalue weighted by molar-refractivity contribution is 8.03. The summed E-state index contributed by atoms with van der Waals surface area (Å²) in [6, 6.07) is 7.10. The van der Waals surface area contributed by atoms with Crippen LogP contribution in [-0.4, -0.2) is 21.9 Å². The second-order valence-electron chi connectivity index (χ2n) is 3.13. The quantitative estimate of drug-likeness (QED) is 0.583. The number of benzene rings is 1. The van der Waals surface area contributed by atoms with Crippen LogP contribution in [-0.2, 0) is 24.4 Å². The number of rotatable bonds is 6. The molecule has 0 unspecified atom stereocenters. The fraction of sp³-hybridized carbons (Fsp3) is 0.111. The summed E-state index contributed by atoms with van der Waals surface area (Å²) in [5.74, 6) is -0.107. The summed E-state index contributed by atoms with van der Waals surface area (Å²) >= 11 is 0. The van der Waals surface area contributed by atoms with E-state index >= 15 is 0 Å². The molecule has 0 fully saturated rings. The Bertz CT molecular complexity index is 647. The Morgan fingerprint density at radius 2 is 1.63 bits per heavy atom. The lowest BCUT2D eigenvalue weighted by atomic mass is 10.3. The highest BCUT2D eigenvalue weighted by atomic mass is 32.3. The Hall–Kier alpha value is -1.68. The molecule has 106 valence electrons. The van der Waals surface area contributed by atoms with Gasteiger partial charge in [0, 0.05) is 0 Å². The first-order valence-electron chi connectivity index (χ1n) is 4.59. The van der Waals surface area contributed by atoms with Crippen LogP contribution in [0.5, 0.6) is 5.75 Å². The normalized spacial score (nSPS) is 11.7. The van der Waals surface area contributed by atoms with Crippen LogP contribution in [0, 0.1) is 0 Å². The highest BCUT2D eigenvalue weighted by Gasteiger charge is 2.25. The van der Waals surface area contributed by atoms with Crippen molar-refractivity contribution < 1.29 is 34.0 Å². The summed E-state index contributed by atoms with van der Waals surface area (Å²) in [7, 11) is -9.25. The second kappa shape index (κ2) is 5.97. The van der Waals surface area contributed by atoms with E-state index < -0.39 is 31.4 Å². The Morgan fingerprint density at radius 1 is 1.05 bits per heavy atom. The lowest BCUT2D eigenvalue weighted by Crippen LogP contribution is -2.21. The van der Waals surface area contributed by atoms with Gasteiger partial charge in [0.15, 0.2) is 6.26 Å². The molecule has 0 aromatic heterocycles. The molecule has 0 radical (unpaired) electrons. The lowest BCUT2D eigenvalue weighted by molar-refractivity contribution is 0.362. The second-order valence-corrected chi connectivity index (χ2v) is 6.67. The van der Waals surface area contributed by atoms with Gasteiger partial charge < -0.3 is 8.37 Å². The minimum atomic E-state index is -4.72. The van der Waals surface area contributed by atoms with Crippen LogP contribution < -0.4 is 4.18 Å².